The lowest BCUT2D eigenvalue weighted by molar-refractivity contribution is -0.137. The minimum atomic E-state index is -0.923. The first kappa shape index (κ1) is 17.0. The zero-order valence-corrected chi connectivity index (χ0v) is 13.2. The Hall–Kier alpha value is -2.05. The van der Waals surface area contributed by atoms with Crippen LogP contribution in [0, 0.1) is 19.8 Å². The Bertz CT molecular complexity index is 523. The van der Waals surface area contributed by atoms with Gasteiger partial charge in [0.2, 0.25) is 0 Å². The average molecular weight is 296 g/mol. The molecule has 1 aromatic rings. The Kier molecular flexibility index (Phi) is 5.75. The fourth-order valence-electron chi connectivity index (χ4n) is 2.10. The van der Waals surface area contributed by atoms with Crippen molar-refractivity contribution in [3.05, 3.63) is 17.0 Å². The third kappa shape index (κ3) is 4.77. The van der Waals surface area contributed by atoms with Gasteiger partial charge in [0.25, 0.3) is 0 Å². The number of carbonyl (C=O) groups excluding carboxylic acids is 1. The van der Waals surface area contributed by atoms with Crippen LogP contribution < -0.4 is 10.6 Å². The number of rotatable bonds is 6. The Balaban J connectivity index is 2.58. The van der Waals surface area contributed by atoms with E-state index in [1.807, 2.05) is 34.7 Å². The summed E-state index contributed by atoms with van der Waals surface area (Å²) in [5, 5.41) is 18.6. The molecule has 0 saturated heterocycles. The van der Waals surface area contributed by atoms with Crippen molar-refractivity contribution in [3.8, 4) is 0 Å². The van der Waals surface area contributed by atoms with E-state index >= 15 is 0 Å². The number of carbonyl (C=O) groups is 2. The van der Waals surface area contributed by atoms with E-state index in [9.17, 15) is 9.59 Å². The smallest absolute Gasteiger partial charge is 0.315 e. The Labute approximate surface area is 124 Å². The number of urea groups is 1. The second-order valence-electron chi connectivity index (χ2n) is 5.55. The summed E-state index contributed by atoms with van der Waals surface area (Å²) in [6.07, 6.45) is -0.0873. The molecule has 7 nitrogen and oxygen atoms in total. The number of hydrogen-bond donors (Lipinski definition) is 3. The van der Waals surface area contributed by atoms with Crippen LogP contribution in [0.2, 0.25) is 0 Å². The molecule has 21 heavy (non-hydrogen) atoms. The molecule has 118 valence electrons. The summed E-state index contributed by atoms with van der Waals surface area (Å²) in [7, 11) is 1.85. The van der Waals surface area contributed by atoms with Gasteiger partial charge < -0.3 is 15.7 Å². The van der Waals surface area contributed by atoms with E-state index in [1.165, 1.54) is 0 Å². The van der Waals surface area contributed by atoms with E-state index in [2.05, 4.69) is 15.7 Å². The number of amides is 2. The number of aliphatic carboxylic acids is 1. The molecule has 1 aromatic heterocycles. The highest BCUT2D eigenvalue weighted by molar-refractivity contribution is 5.75. The molecular formula is C14H24N4O3. The molecule has 0 aromatic carbocycles. The minimum Gasteiger partial charge on any atom is -0.481 e. The third-order valence-electron chi connectivity index (χ3n) is 3.60. The van der Waals surface area contributed by atoms with Crippen LogP contribution in [0.3, 0.4) is 0 Å². The molecule has 1 rings (SSSR count). The maximum atomic E-state index is 11.9. The van der Waals surface area contributed by atoms with Crippen LogP contribution in [0.25, 0.3) is 0 Å². The van der Waals surface area contributed by atoms with Crippen molar-refractivity contribution in [3.63, 3.8) is 0 Å². The quantitative estimate of drug-likeness (QED) is 0.738. The van der Waals surface area contributed by atoms with Gasteiger partial charge in [-0.2, -0.15) is 5.10 Å². The van der Waals surface area contributed by atoms with E-state index in [1.54, 1.807) is 4.68 Å². The monoisotopic (exact) mass is 296 g/mol. The van der Waals surface area contributed by atoms with Gasteiger partial charge in [0, 0.05) is 30.9 Å². The average Bonchev–Trinajstić information content (AvgIpc) is 2.60. The van der Waals surface area contributed by atoms with Gasteiger partial charge in [-0.3, -0.25) is 9.48 Å². The summed E-state index contributed by atoms with van der Waals surface area (Å²) in [6, 6.07) is -0.754. The Morgan fingerprint density at radius 1 is 1.33 bits per heavy atom. The summed E-state index contributed by atoms with van der Waals surface area (Å²) in [5.41, 5.74) is 2.85. The van der Waals surface area contributed by atoms with E-state index in [-0.39, 0.29) is 18.4 Å². The lowest BCUT2D eigenvalue weighted by atomic mass is 10.0. The summed E-state index contributed by atoms with van der Waals surface area (Å²) in [5.74, 6) is -0.873. The number of carboxylic acid groups (broad SMARTS) is 1. The fourth-order valence-corrected chi connectivity index (χ4v) is 2.10. The van der Waals surface area contributed by atoms with Crippen LogP contribution >= 0.6 is 0 Å². The molecule has 0 spiro atoms. The molecule has 0 aliphatic carbocycles. The Morgan fingerprint density at radius 2 is 1.95 bits per heavy atom. The maximum absolute atomic E-state index is 11.9. The van der Waals surface area contributed by atoms with Crippen molar-refractivity contribution in [2.45, 2.75) is 46.7 Å². The molecule has 0 bridgehead atoms. The van der Waals surface area contributed by atoms with Gasteiger partial charge >= 0.3 is 12.0 Å². The molecule has 0 fully saturated rings. The maximum Gasteiger partial charge on any atom is 0.315 e. The second kappa shape index (κ2) is 7.10. The standard InChI is InChI=1S/C14H24N4O3/c1-8(2)12(6-13(19)20)16-14(21)15-7-11-9(3)17-18(5)10(11)4/h8,12H,6-7H2,1-5H3,(H,19,20)(H2,15,16,21). The molecule has 0 saturated carbocycles. The SMILES string of the molecule is Cc1nn(C)c(C)c1CNC(=O)NC(CC(=O)O)C(C)C. The van der Waals surface area contributed by atoms with Crippen molar-refractivity contribution >= 4 is 12.0 Å². The van der Waals surface area contributed by atoms with Crippen molar-refractivity contribution in [2.75, 3.05) is 0 Å². The molecule has 2 amide bonds. The fraction of sp³-hybridized carbons (Fsp3) is 0.643. The predicted molar refractivity (Wildman–Crippen MR) is 78.9 cm³/mol. The van der Waals surface area contributed by atoms with E-state index in [0.717, 1.165) is 17.0 Å². The molecule has 1 atom stereocenters. The van der Waals surface area contributed by atoms with Crippen LogP contribution in [-0.4, -0.2) is 32.9 Å². The lowest BCUT2D eigenvalue weighted by Crippen LogP contribution is -2.45. The van der Waals surface area contributed by atoms with Crippen molar-refractivity contribution in [1.29, 1.82) is 0 Å². The normalized spacial score (nSPS) is 12.3. The van der Waals surface area contributed by atoms with Crippen molar-refractivity contribution in [2.24, 2.45) is 13.0 Å². The van der Waals surface area contributed by atoms with Gasteiger partial charge in [-0.05, 0) is 19.8 Å². The molecule has 0 radical (unpaired) electrons. The summed E-state index contributed by atoms with van der Waals surface area (Å²) in [6.45, 7) is 7.96. The van der Waals surface area contributed by atoms with E-state index in [4.69, 9.17) is 5.11 Å². The molecule has 1 unspecified atom stereocenters. The predicted octanol–water partition coefficient (Wildman–Crippen LogP) is 1.34. The zero-order chi connectivity index (χ0) is 16.2. The van der Waals surface area contributed by atoms with E-state index < -0.39 is 12.0 Å². The van der Waals surface area contributed by atoms with Crippen LogP contribution in [0.5, 0.6) is 0 Å². The number of aromatic nitrogens is 2. The largest absolute Gasteiger partial charge is 0.481 e. The summed E-state index contributed by atoms with van der Waals surface area (Å²) >= 11 is 0. The number of aryl methyl sites for hydroxylation is 2. The van der Waals surface area contributed by atoms with Gasteiger partial charge in [-0.15, -0.1) is 0 Å². The first-order chi connectivity index (χ1) is 9.72. The van der Waals surface area contributed by atoms with Gasteiger partial charge in [-0.25, -0.2) is 4.79 Å². The minimum absolute atomic E-state index is 0.0497. The van der Waals surface area contributed by atoms with Crippen LogP contribution in [-0.2, 0) is 18.4 Å². The van der Waals surface area contributed by atoms with Gasteiger partial charge in [-0.1, -0.05) is 13.8 Å². The molecule has 3 N–H and O–H groups in total. The molecule has 0 aliphatic rings. The molecule has 0 aliphatic heterocycles. The van der Waals surface area contributed by atoms with Crippen LogP contribution in [0.4, 0.5) is 4.79 Å². The van der Waals surface area contributed by atoms with Crippen molar-refractivity contribution in [1.82, 2.24) is 20.4 Å². The zero-order valence-electron chi connectivity index (χ0n) is 13.2. The first-order valence-electron chi connectivity index (χ1n) is 6.97. The molecule has 7 heteroatoms. The van der Waals surface area contributed by atoms with Crippen molar-refractivity contribution < 1.29 is 14.7 Å². The topological polar surface area (TPSA) is 96.3 Å². The summed E-state index contributed by atoms with van der Waals surface area (Å²) in [4.78, 5) is 22.7. The number of nitrogens with zero attached hydrogens (tertiary/aromatic N) is 2. The van der Waals surface area contributed by atoms with Crippen LogP contribution in [0.15, 0.2) is 0 Å². The van der Waals surface area contributed by atoms with Gasteiger partial charge in [0.1, 0.15) is 0 Å². The first-order valence-corrected chi connectivity index (χ1v) is 6.97. The molecule has 1 heterocycles. The van der Waals surface area contributed by atoms with Gasteiger partial charge in [0.05, 0.1) is 12.1 Å². The third-order valence-corrected chi connectivity index (χ3v) is 3.60. The number of hydrogen-bond acceptors (Lipinski definition) is 3. The highest BCUT2D eigenvalue weighted by Gasteiger charge is 2.19. The summed E-state index contributed by atoms with van der Waals surface area (Å²) < 4.78 is 1.77. The number of carboxylic acids is 1. The highest BCUT2D eigenvalue weighted by Crippen LogP contribution is 2.11. The molecular weight excluding hydrogens is 272 g/mol. The highest BCUT2D eigenvalue weighted by atomic mass is 16.4. The van der Waals surface area contributed by atoms with E-state index in [0.29, 0.717) is 6.54 Å². The van der Waals surface area contributed by atoms with Crippen LogP contribution in [0.1, 0.15) is 37.2 Å². The Morgan fingerprint density at radius 3 is 2.38 bits per heavy atom. The van der Waals surface area contributed by atoms with Gasteiger partial charge in [0.15, 0.2) is 0 Å². The number of nitrogens with one attached hydrogen (secondary N) is 2. The lowest BCUT2D eigenvalue weighted by Gasteiger charge is -2.20. The second-order valence-corrected chi connectivity index (χ2v) is 5.55.